The van der Waals surface area contributed by atoms with Crippen LogP contribution in [0.2, 0.25) is 0 Å². The number of rotatable bonds is 7. The molecule has 4 rings (SSSR count). The Labute approximate surface area is 178 Å². The van der Waals surface area contributed by atoms with Gasteiger partial charge in [0.2, 0.25) is 5.78 Å². The fourth-order valence-electron chi connectivity index (χ4n) is 2.91. The fourth-order valence-corrected chi connectivity index (χ4v) is 2.91. The maximum Gasteiger partial charge on any atom is 0.359 e. The number of ether oxygens (including phenoxy) is 1. The van der Waals surface area contributed by atoms with Crippen molar-refractivity contribution in [1.29, 1.82) is 0 Å². The highest BCUT2D eigenvalue weighted by molar-refractivity contribution is 6.06. The summed E-state index contributed by atoms with van der Waals surface area (Å²) in [6.45, 7) is 1.95. The molecule has 0 unspecified atom stereocenters. The third kappa shape index (κ3) is 4.48. The van der Waals surface area contributed by atoms with Crippen molar-refractivity contribution in [2.24, 2.45) is 0 Å². The van der Waals surface area contributed by atoms with E-state index in [1.54, 1.807) is 24.0 Å². The number of carbonyl (C=O) groups excluding carboxylic acids is 2. The Balaban J connectivity index is 1.60. The normalized spacial score (nSPS) is 11.0. The van der Waals surface area contributed by atoms with Crippen molar-refractivity contribution in [1.82, 2.24) is 24.8 Å². The lowest BCUT2D eigenvalue weighted by molar-refractivity contribution is 0.0518. The highest BCUT2D eigenvalue weighted by Gasteiger charge is 2.18. The number of ketones is 1. The quantitative estimate of drug-likeness (QED) is 0.261. The SMILES string of the molecule is CCOC(=O)c1nn(-c2ccccc2)cc1C=CC(=O)c1cn(-c2ccccc2)nn1. The number of nitrogens with zero attached hydrogens (tertiary/aromatic N) is 5. The second kappa shape index (κ2) is 9.00. The molecule has 8 nitrogen and oxygen atoms in total. The number of esters is 1. The minimum absolute atomic E-state index is 0.127. The monoisotopic (exact) mass is 413 g/mol. The van der Waals surface area contributed by atoms with Gasteiger partial charge in [0.25, 0.3) is 0 Å². The largest absolute Gasteiger partial charge is 0.461 e. The third-order valence-electron chi connectivity index (χ3n) is 4.41. The Morgan fingerprint density at radius 1 is 0.935 bits per heavy atom. The molecule has 0 radical (unpaired) electrons. The van der Waals surface area contributed by atoms with Gasteiger partial charge in [-0.3, -0.25) is 4.79 Å². The number of aromatic nitrogens is 5. The molecule has 8 heteroatoms. The van der Waals surface area contributed by atoms with Crippen LogP contribution >= 0.6 is 0 Å². The Morgan fingerprint density at radius 2 is 1.58 bits per heavy atom. The highest BCUT2D eigenvalue weighted by atomic mass is 16.5. The Bertz CT molecular complexity index is 1230. The molecule has 0 saturated heterocycles. The molecule has 0 aliphatic heterocycles. The van der Waals surface area contributed by atoms with Crippen LogP contribution in [-0.2, 0) is 4.74 Å². The molecule has 0 atom stereocenters. The first-order valence-corrected chi connectivity index (χ1v) is 9.68. The van der Waals surface area contributed by atoms with Crippen LogP contribution in [0.1, 0.15) is 33.5 Å². The second-order valence-electron chi connectivity index (χ2n) is 6.52. The summed E-state index contributed by atoms with van der Waals surface area (Å²) in [6.07, 6.45) is 6.10. The van der Waals surface area contributed by atoms with Crippen LogP contribution in [0.15, 0.2) is 79.1 Å². The summed E-state index contributed by atoms with van der Waals surface area (Å²) in [6, 6.07) is 18.7. The molecule has 2 heterocycles. The molecule has 2 aromatic heterocycles. The fraction of sp³-hybridized carbons (Fsp3) is 0.0870. The average molecular weight is 413 g/mol. The summed E-state index contributed by atoms with van der Waals surface area (Å²) in [5, 5.41) is 12.3. The molecule has 4 aromatic rings. The zero-order valence-electron chi connectivity index (χ0n) is 16.8. The predicted molar refractivity (Wildman–Crippen MR) is 114 cm³/mol. The van der Waals surface area contributed by atoms with Crippen LogP contribution in [0.5, 0.6) is 0 Å². The van der Waals surface area contributed by atoms with Gasteiger partial charge in [-0.2, -0.15) is 5.10 Å². The van der Waals surface area contributed by atoms with Crippen molar-refractivity contribution in [3.05, 3.63) is 96.1 Å². The van der Waals surface area contributed by atoms with E-state index >= 15 is 0 Å². The molecule has 154 valence electrons. The van der Waals surface area contributed by atoms with Crippen LogP contribution in [0.4, 0.5) is 0 Å². The van der Waals surface area contributed by atoms with Crippen LogP contribution < -0.4 is 0 Å². The van der Waals surface area contributed by atoms with Crippen LogP contribution in [0.3, 0.4) is 0 Å². The molecular weight excluding hydrogens is 394 g/mol. The lowest BCUT2D eigenvalue weighted by Gasteiger charge is -2.00. The summed E-state index contributed by atoms with van der Waals surface area (Å²) >= 11 is 0. The number of hydrogen-bond acceptors (Lipinski definition) is 6. The molecule has 0 bridgehead atoms. The maximum atomic E-state index is 12.6. The maximum absolute atomic E-state index is 12.6. The number of para-hydroxylation sites is 2. The summed E-state index contributed by atoms with van der Waals surface area (Å²) in [5.74, 6) is -0.899. The van der Waals surface area contributed by atoms with E-state index < -0.39 is 5.97 Å². The molecular formula is C23H19N5O3. The van der Waals surface area contributed by atoms with Crippen molar-refractivity contribution in [2.75, 3.05) is 6.61 Å². The van der Waals surface area contributed by atoms with Gasteiger partial charge in [-0.15, -0.1) is 5.10 Å². The first-order chi connectivity index (χ1) is 15.2. The molecule has 0 amide bonds. The minimum Gasteiger partial charge on any atom is -0.461 e. The van der Waals surface area contributed by atoms with Gasteiger partial charge in [-0.05, 0) is 43.3 Å². The first kappa shape index (κ1) is 20.0. The van der Waals surface area contributed by atoms with Gasteiger partial charge in [0.05, 0.1) is 24.2 Å². The van der Waals surface area contributed by atoms with E-state index in [1.165, 1.54) is 16.8 Å². The summed E-state index contributed by atoms with van der Waals surface area (Å²) in [7, 11) is 0. The van der Waals surface area contributed by atoms with Crippen molar-refractivity contribution in [3.8, 4) is 11.4 Å². The number of allylic oxidation sites excluding steroid dienone is 1. The van der Waals surface area contributed by atoms with Gasteiger partial charge in [0, 0.05) is 11.8 Å². The van der Waals surface area contributed by atoms with Crippen molar-refractivity contribution in [3.63, 3.8) is 0 Å². The number of hydrogen-bond donors (Lipinski definition) is 0. The second-order valence-corrected chi connectivity index (χ2v) is 6.52. The average Bonchev–Trinajstić information content (AvgIpc) is 3.47. The third-order valence-corrected chi connectivity index (χ3v) is 4.41. The molecule has 0 fully saturated rings. The zero-order valence-corrected chi connectivity index (χ0v) is 16.8. The molecule has 31 heavy (non-hydrogen) atoms. The molecule has 0 spiro atoms. The van der Waals surface area contributed by atoms with Crippen molar-refractivity contribution in [2.45, 2.75) is 6.92 Å². The van der Waals surface area contributed by atoms with Crippen LogP contribution in [-0.4, -0.2) is 43.1 Å². The molecule has 0 aliphatic carbocycles. The van der Waals surface area contributed by atoms with Gasteiger partial charge < -0.3 is 4.74 Å². The Hall–Kier alpha value is -4.33. The van der Waals surface area contributed by atoms with E-state index in [0.29, 0.717) is 5.56 Å². The van der Waals surface area contributed by atoms with Gasteiger partial charge >= 0.3 is 5.97 Å². The van der Waals surface area contributed by atoms with Gasteiger partial charge in [0.1, 0.15) is 0 Å². The Morgan fingerprint density at radius 3 is 2.23 bits per heavy atom. The first-order valence-electron chi connectivity index (χ1n) is 9.68. The van der Waals surface area contributed by atoms with E-state index in [-0.39, 0.29) is 23.8 Å². The topological polar surface area (TPSA) is 91.9 Å². The van der Waals surface area contributed by atoms with Gasteiger partial charge in [-0.1, -0.05) is 41.6 Å². The summed E-state index contributed by atoms with van der Waals surface area (Å²) < 4.78 is 8.20. The van der Waals surface area contributed by atoms with Crippen LogP contribution in [0.25, 0.3) is 17.5 Å². The summed E-state index contributed by atoms with van der Waals surface area (Å²) in [5.41, 5.74) is 2.36. The van der Waals surface area contributed by atoms with Crippen molar-refractivity contribution >= 4 is 17.8 Å². The van der Waals surface area contributed by atoms with E-state index in [4.69, 9.17) is 4.74 Å². The van der Waals surface area contributed by atoms with E-state index in [0.717, 1.165) is 11.4 Å². The number of carbonyl (C=O) groups is 2. The standard InChI is InChI=1S/C23H19N5O3/c1-2-31-23(30)22-17(15-27(25-22)18-9-5-3-6-10-18)13-14-21(29)20-16-28(26-24-20)19-11-7-4-8-12-19/h3-16H,2H2,1H3. The number of benzene rings is 2. The molecule has 0 saturated carbocycles. The summed E-state index contributed by atoms with van der Waals surface area (Å²) in [4.78, 5) is 24.9. The highest BCUT2D eigenvalue weighted by Crippen LogP contribution is 2.16. The zero-order chi connectivity index (χ0) is 21.6. The van der Waals surface area contributed by atoms with E-state index in [9.17, 15) is 9.59 Å². The van der Waals surface area contributed by atoms with Gasteiger partial charge in [0.15, 0.2) is 11.4 Å². The Kier molecular flexibility index (Phi) is 5.79. The molecule has 0 N–H and O–H groups in total. The minimum atomic E-state index is -0.556. The van der Waals surface area contributed by atoms with E-state index in [2.05, 4.69) is 15.4 Å². The predicted octanol–water partition coefficient (Wildman–Crippen LogP) is 3.53. The van der Waals surface area contributed by atoms with E-state index in [1.807, 2.05) is 60.7 Å². The lowest BCUT2D eigenvalue weighted by Crippen LogP contribution is -2.08. The molecule has 0 aliphatic rings. The molecule has 2 aromatic carbocycles. The van der Waals surface area contributed by atoms with Crippen LogP contribution in [0, 0.1) is 0 Å². The van der Waals surface area contributed by atoms with Crippen molar-refractivity contribution < 1.29 is 14.3 Å². The lowest BCUT2D eigenvalue weighted by atomic mass is 10.2. The van der Waals surface area contributed by atoms with Gasteiger partial charge in [-0.25, -0.2) is 14.2 Å². The smallest absolute Gasteiger partial charge is 0.359 e.